The molecule has 0 radical (unpaired) electrons. The van der Waals surface area contributed by atoms with Crippen molar-refractivity contribution in [1.82, 2.24) is 0 Å². The van der Waals surface area contributed by atoms with Crippen molar-refractivity contribution in [3.63, 3.8) is 0 Å². The Morgan fingerprint density at radius 2 is 1.65 bits per heavy atom. The summed E-state index contributed by atoms with van der Waals surface area (Å²) in [5, 5.41) is 2.80. The molecule has 2 atom stereocenters. The van der Waals surface area contributed by atoms with Gasteiger partial charge in [-0.25, -0.2) is 4.79 Å². The summed E-state index contributed by atoms with van der Waals surface area (Å²) in [6, 6.07) is 14.1. The lowest BCUT2D eigenvalue weighted by molar-refractivity contribution is -0.128. The lowest BCUT2D eigenvalue weighted by Gasteiger charge is -2.31. The molecule has 1 aliphatic heterocycles. The molecule has 2 unspecified atom stereocenters. The molecule has 0 bridgehead atoms. The van der Waals surface area contributed by atoms with Crippen LogP contribution in [0.4, 0.5) is 16.2 Å². The fourth-order valence-corrected chi connectivity index (χ4v) is 2.63. The van der Waals surface area contributed by atoms with Crippen LogP contribution in [0.5, 0.6) is 11.5 Å². The van der Waals surface area contributed by atoms with Gasteiger partial charge in [-0.05, 0) is 43.3 Å². The molecule has 0 aliphatic carbocycles. The number of hydrogen-bond donors (Lipinski definition) is 1. The number of hydrogen-bond acceptors (Lipinski definition) is 5. The summed E-state index contributed by atoms with van der Waals surface area (Å²) in [6.07, 6.45) is -1.65. The first-order chi connectivity index (χ1) is 12.5. The van der Waals surface area contributed by atoms with E-state index in [1.807, 2.05) is 12.1 Å². The average molecular weight is 356 g/mol. The largest absolute Gasteiger partial charge is 0.482 e. The van der Waals surface area contributed by atoms with Crippen LogP contribution in [0.3, 0.4) is 0 Å². The first-order valence-corrected chi connectivity index (χ1v) is 8.14. The Kier molecular flexibility index (Phi) is 4.97. The van der Waals surface area contributed by atoms with Gasteiger partial charge in [0.25, 0.3) is 5.91 Å². The Morgan fingerprint density at radius 3 is 2.27 bits per heavy atom. The summed E-state index contributed by atoms with van der Waals surface area (Å²) < 4.78 is 16.2. The number of nitrogens with zero attached hydrogens (tertiary/aromatic N) is 1. The van der Waals surface area contributed by atoms with E-state index in [0.717, 1.165) is 0 Å². The van der Waals surface area contributed by atoms with Crippen molar-refractivity contribution >= 4 is 23.4 Å². The topological polar surface area (TPSA) is 77.1 Å². The van der Waals surface area contributed by atoms with E-state index in [2.05, 4.69) is 10.1 Å². The summed E-state index contributed by atoms with van der Waals surface area (Å²) in [4.78, 5) is 25.4. The lowest BCUT2D eigenvalue weighted by atomic mass is 10.1. The van der Waals surface area contributed by atoms with Crippen LogP contribution in [0.1, 0.15) is 6.92 Å². The molecule has 1 heterocycles. The van der Waals surface area contributed by atoms with Gasteiger partial charge in [0.05, 0.1) is 7.11 Å². The van der Waals surface area contributed by atoms with Gasteiger partial charge in [0, 0.05) is 18.4 Å². The van der Waals surface area contributed by atoms with Crippen LogP contribution in [0, 0.1) is 0 Å². The third-order valence-corrected chi connectivity index (χ3v) is 4.07. The molecular weight excluding hydrogens is 336 g/mol. The van der Waals surface area contributed by atoms with Crippen molar-refractivity contribution in [2.75, 3.05) is 24.4 Å². The standard InChI is InChI=1S/C19H20N2O5/c1-12-17(26-16-7-5-4-6-15(16)25-12)18(22)20-13-8-10-14(11-9-13)21(2)19(23)24-3/h4-12,17H,1-3H3,(H,20,22). The SMILES string of the molecule is COC(=O)N(C)c1ccc(NC(=O)C2Oc3ccccc3OC2C)cc1. The Morgan fingerprint density at radius 1 is 1.04 bits per heavy atom. The van der Waals surface area contributed by atoms with Crippen LogP contribution in [-0.4, -0.2) is 38.4 Å². The van der Waals surface area contributed by atoms with Crippen molar-refractivity contribution < 1.29 is 23.8 Å². The Labute approximate surface area is 151 Å². The highest BCUT2D eigenvalue weighted by molar-refractivity contribution is 5.95. The van der Waals surface area contributed by atoms with Gasteiger partial charge in [0.1, 0.15) is 6.10 Å². The molecule has 1 N–H and O–H groups in total. The minimum absolute atomic E-state index is 0.305. The number of benzene rings is 2. The Bertz CT molecular complexity index is 806. The third-order valence-electron chi connectivity index (χ3n) is 4.07. The van der Waals surface area contributed by atoms with Gasteiger partial charge in [-0.2, -0.15) is 0 Å². The summed E-state index contributed by atoms with van der Waals surface area (Å²) >= 11 is 0. The number of ether oxygens (including phenoxy) is 3. The maximum absolute atomic E-state index is 12.6. The van der Waals surface area contributed by atoms with Gasteiger partial charge in [0.2, 0.25) is 6.10 Å². The van der Waals surface area contributed by atoms with E-state index < -0.39 is 18.3 Å². The van der Waals surface area contributed by atoms with E-state index >= 15 is 0 Å². The predicted octanol–water partition coefficient (Wildman–Crippen LogP) is 3.06. The van der Waals surface area contributed by atoms with Crippen molar-refractivity contribution in [3.8, 4) is 11.5 Å². The van der Waals surface area contributed by atoms with E-state index in [-0.39, 0.29) is 5.91 Å². The first kappa shape index (κ1) is 17.6. The predicted molar refractivity (Wildman–Crippen MR) is 96.8 cm³/mol. The molecule has 136 valence electrons. The minimum Gasteiger partial charge on any atom is -0.482 e. The van der Waals surface area contributed by atoms with Gasteiger partial charge in [0.15, 0.2) is 11.5 Å². The highest BCUT2D eigenvalue weighted by Gasteiger charge is 2.34. The van der Waals surface area contributed by atoms with Crippen molar-refractivity contribution in [2.24, 2.45) is 0 Å². The number of para-hydroxylation sites is 2. The van der Waals surface area contributed by atoms with Crippen LogP contribution >= 0.6 is 0 Å². The van der Waals surface area contributed by atoms with Crippen LogP contribution < -0.4 is 19.7 Å². The second-order valence-corrected chi connectivity index (χ2v) is 5.87. The molecule has 0 aromatic heterocycles. The molecule has 0 saturated heterocycles. The van der Waals surface area contributed by atoms with E-state index in [4.69, 9.17) is 9.47 Å². The Balaban J connectivity index is 1.67. The van der Waals surface area contributed by atoms with E-state index in [1.54, 1.807) is 50.4 Å². The second-order valence-electron chi connectivity index (χ2n) is 5.87. The van der Waals surface area contributed by atoms with Crippen LogP contribution in [0.15, 0.2) is 48.5 Å². The first-order valence-electron chi connectivity index (χ1n) is 8.14. The number of carbonyl (C=O) groups is 2. The molecule has 2 aromatic rings. The number of methoxy groups -OCH3 is 1. The summed E-state index contributed by atoms with van der Waals surface area (Å²) in [6.45, 7) is 1.79. The zero-order valence-corrected chi connectivity index (χ0v) is 14.8. The highest BCUT2D eigenvalue weighted by atomic mass is 16.6. The third kappa shape index (κ3) is 3.56. The minimum atomic E-state index is -0.762. The monoisotopic (exact) mass is 356 g/mol. The fourth-order valence-electron chi connectivity index (χ4n) is 2.63. The molecule has 7 heteroatoms. The maximum Gasteiger partial charge on any atom is 0.413 e. The molecule has 0 fully saturated rings. The Hall–Kier alpha value is -3.22. The lowest BCUT2D eigenvalue weighted by Crippen LogP contribution is -2.46. The van der Waals surface area contributed by atoms with Crippen LogP contribution in [-0.2, 0) is 9.53 Å². The van der Waals surface area contributed by atoms with Crippen molar-refractivity contribution in [3.05, 3.63) is 48.5 Å². The van der Waals surface area contributed by atoms with E-state index in [0.29, 0.717) is 22.9 Å². The molecule has 1 aliphatic rings. The second kappa shape index (κ2) is 7.35. The molecule has 7 nitrogen and oxygen atoms in total. The fraction of sp³-hybridized carbons (Fsp3) is 0.263. The van der Waals surface area contributed by atoms with Gasteiger partial charge in [-0.3, -0.25) is 9.69 Å². The molecule has 26 heavy (non-hydrogen) atoms. The normalized spacial score (nSPS) is 18.0. The zero-order valence-electron chi connectivity index (χ0n) is 14.8. The number of carbonyl (C=O) groups excluding carboxylic acids is 2. The number of rotatable bonds is 3. The summed E-state index contributed by atoms with van der Waals surface area (Å²) in [5.41, 5.74) is 1.24. The quantitative estimate of drug-likeness (QED) is 0.915. The van der Waals surface area contributed by atoms with Gasteiger partial charge >= 0.3 is 6.09 Å². The van der Waals surface area contributed by atoms with Crippen molar-refractivity contribution in [2.45, 2.75) is 19.1 Å². The number of anilines is 2. The van der Waals surface area contributed by atoms with E-state index in [1.165, 1.54) is 12.0 Å². The molecule has 2 aromatic carbocycles. The molecular formula is C19H20N2O5. The maximum atomic E-state index is 12.6. The average Bonchev–Trinajstić information content (AvgIpc) is 2.66. The zero-order chi connectivity index (χ0) is 18.7. The van der Waals surface area contributed by atoms with Crippen LogP contribution in [0.25, 0.3) is 0 Å². The molecule has 0 saturated carbocycles. The van der Waals surface area contributed by atoms with Crippen molar-refractivity contribution in [1.29, 1.82) is 0 Å². The number of nitrogens with one attached hydrogen (secondary N) is 1. The highest BCUT2D eigenvalue weighted by Crippen LogP contribution is 2.33. The smallest absolute Gasteiger partial charge is 0.413 e. The van der Waals surface area contributed by atoms with E-state index in [9.17, 15) is 9.59 Å². The molecule has 3 rings (SSSR count). The summed E-state index contributed by atoms with van der Waals surface area (Å²) in [5.74, 6) is 0.862. The van der Waals surface area contributed by atoms with Gasteiger partial charge in [-0.1, -0.05) is 12.1 Å². The molecule has 0 spiro atoms. The van der Waals surface area contributed by atoms with Gasteiger partial charge < -0.3 is 19.5 Å². The summed E-state index contributed by atoms with van der Waals surface area (Å²) in [7, 11) is 2.92. The number of amides is 2. The van der Waals surface area contributed by atoms with Crippen LogP contribution in [0.2, 0.25) is 0 Å². The molecule has 2 amide bonds. The number of fused-ring (bicyclic) bond motifs is 1. The van der Waals surface area contributed by atoms with Gasteiger partial charge in [-0.15, -0.1) is 0 Å².